The zero-order valence-electron chi connectivity index (χ0n) is 26.5. The molecule has 2 rings (SSSR count). The van der Waals surface area contributed by atoms with Crippen molar-refractivity contribution in [1.29, 1.82) is 0 Å². The number of methoxy groups -OCH3 is 1. The number of hydrogen-bond acceptors (Lipinski definition) is 7. The number of benzene rings is 2. The third kappa shape index (κ3) is 8.94. The highest BCUT2D eigenvalue weighted by Gasteiger charge is 2.30. The standard InChI is InChI=1S/C34H46O7/c1-12-18-39-26-21-27(41-31(37)33(6,7)8)25(34(9,10)13-2)19-23(26)20-28(38-11)29(35)22-14-16-24(17-15-22)40-30(36)32(3,4)5/h14-17,19-21H,12-13,18H2,1-11H3. The Morgan fingerprint density at radius 1 is 0.780 bits per heavy atom. The van der Waals surface area contributed by atoms with Crippen molar-refractivity contribution in [3.8, 4) is 17.2 Å². The molecule has 0 amide bonds. The first kappa shape index (κ1) is 33.6. The fraction of sp³-hybridized carbons (Fsp3) is 0.500. The van der Waals surface area contributed by atoms with Crippen molar-refractivity contribution in [3.63, 3.8) is 0 Å². The minimum Gasteiger partial charge on any atom is -0.493 e. The van der Waals surface area contributed by atoms with Gasteiger partial charge in [-0.1, -0.05) is 27.7 Å². The van der Waals surface area contributed by atoms with Gasteiger partial charge in [-0.3, -0.25) is 14.4 Å². The topological polar surface area (TPSA) is 88.1 Å². The molecule has 0 aromatic heterocycles. The van der Waals surface area contributed by atoms with Crippen LogP contribution in [0.15, 0.2) is 42.2 Å². The van der Waals surface area contributed by atoms with E-state index in [4.69, 9.17) is 18.9 Å². The molecule has 0 aliphatic heterocycles. The minimum absolute atomic E-state index is 0.102. The molecule has 0 atom stereocenters. The van der Waals surface area contributed by atoms with Crippen LogP contribution in [-0.4, -0.2) is 31.4 Å². The van der Waals surface area contributed by atoms with E-state index in [1.165, 1.54) is 7.11 Å². The molecule has 2 aromatic carbocycles. The number of allylic oxidation sites excluding steroid dienone is 1. The predicted octanol–water partition coefficient (Wildman–Crippen LogP) is 7.94. The van der Waals surface area contributed by atoms with Crippen molar-refractivity contribution < 1.29 is 33.3 Å². The average molecular weight is 567 g/mol. The first-order valence-corrected chi connectivity index (χ1v) is 14.1. The first-order chi connectivity index (χ1) is 18.9. The fourth-order valence-corrected chi connectivity index (χ4v) is 3.52. The maximum atomic E-state index is 13.4. The zero-order valence-corrected chi connectivity index (χ0v) is 26.5. The van der Waals surface area contributed by atoms with Crippen molar-refractivity contribution in [1.82, 2.24) is 0 Å². The molecular formula is C34H46O7. The summed E-state index contributed by atoms with van der Waals surface area (Å²) in [4.78, 5) is 38.5. The summed E-state index contributed by atoms with van der Waals surface area (Å²) in [7, 11) is 1.44. The van der Waals surface area contributed by atoms with Crippen LogP contribution < -0.4 is 14.2 Å². The van der Waals surface area contributed by atoms with Crippen LogP contribution in [0.4, 0.5) is 0 Å². The lowest BCUT2D eigenvalue weighted by atomic mass is 9.80. The Balaban J connectivity index is 2.58. The fourth-order valence-electron chi connectivity index (χ4n) is 3.52. The van der Waals surface area contributed by atoms with E-state index < -0.39 is 10.8 Å². The van der Waals surface area contributed by atoms with Crippen LogP contribution in [0.5, 0.6) is 17.2 Å². The maximum absolute atomic E-state index is 13.4. The quantitative estimate of drug-likeness (QED) is 0.0897. The Morgan fingerprint density at radius 3 is 1.83 bits per heavy atom. The Hall–Kier alpha value is -3.61. The molecule has 0 saturated heterocycles. The van der Waals surface area contributed by atoms with Crippen LogP contribution in [0.25, 0.3) is 6.08 Å². The van der Waals surface area contributed by atoms with Crippen molar-refractivity contribution >= 4 is 23.8 Å². The molecule has 0 unspecified atom stereocenters. The maximum Gasteiger partial charge on any atom is 0.316 e. The number of rotatable bonds is 11. The molecule has 0 saturated carbocycles. The predicted molar refractivity (Wildman–Crippen MR) is 161 cm³/mol. The van der Waals surface area contributed by atoms with Crippen LogP contribution in [0, 0.1) is 10.8 Å². The van der Waals surface area contributed by atoms with Gasteiger partial charge in [0.25, 0.3) is 0 Å². The summed E-state index contributed by atoms with van der Waals surface area (Å²) in [5.41, 5.74) is 0.148. The molecule has 0 N–H and O–H groups in total. The van der Waals surface area contributed by atoms with Crippen LogP contribution in [0.2, 0.25) is 0 Å². The van der Waals surface area contributed by atoms with E-state index in [0.29, 0.717) is 35.0 Å². The summed E-state index contributed by atoms with van der Waals surface area (Å²) in [6.45, 7) is 19.4. The molecule has 7 nitrogen and oxygen atoms in total. The van der Waals surface area contributed by atoms with Crippen LogP contribution in [0.1, 0.15) is 104 Å². The lowest BCUT2D eigenvalue weighted by Crippen LogP contribution is -2.27. The third-order valence-corrected chi connectivity index (χ3v) is 6.67. The van der Waals surface area contributed by atoms with E-state index >= 15 is 0 Å². The molecule has 2 aromatic rings. The van der Waals surface area contributed by atoms with Crippen molar-refractivity contribution in [2.24, 2.45) is 10.8 Å². The van der Waals surface area contributed by atoms with Gasteiger partial charge in [-0.05, 0) is 96.2 Å². The van der Waals surface area contributed by atoms with Crippen LogP contribution in [0.3, 0.4) is 0 Å². The number of ketones is 1. The molecule has 0 fully saturated rings. The van der Waals surface area contributed by atoms with Crippen molar-refractivity contribution in [2.45, 2.75) is 87.5 Å². The Morgan fingerprint density at radius 2 is 1.34 bits per heavy atom. The van der Waals surface area contributed by atoms with Gasteiger partial charge in [-0.2, -0.15) is 0 Å². The molecule has 0 bridgehead atoms. The molecule has 7 heteroatoms. The van der Waals surface area contributed by atoms with Crippen molar-refractivity contribution in [2.75, 3.05) is 13.7 Å². The molecule has 0 heterocycles. The van der Waals surface area contributed by atoms with Gasteiger partial charge in [0, 0.05) is 22.8 Å². The van der Waals surface area contributed by atoms with Crippen molar-refractivity contribution in [3.05, 3.63) is 58.8 Å². The Kier molecular flexibility index (Phi) is 11.0. The van der Waals surface area contributed by atoms with Gasteiger partial charge in [0.15, 0.2) is 5.76 Å². The second-order valence-electron chi connectivity index (χ2n) is 12.8. The largest absolute Gasteiger partial charge is 0.493 e. The van der Waals surface area contributed by atoms with E-state index in [1.807, 2.05) is 33.8 Å². The second-order valence-corrected chi connectivity index (χ2v) is 12.8. The molecular weight excluding hydrogens is 520 g/mol. The zero-order chi connectivity index (χ0) is 31.2. The van der Waals surface area contributed by atoms with Gasteiger partial charge in [0.05, 0.1) is 24.5 Å². The number of carbonyl (C=O) groups is 3. The van der Waals surface area contributed by atoms with E-state index in [9.17, 15) is 14.4 Å². The van der Waals surface area contributed by atoms with Gasteiger partial charge >= 0.3 is 11.9 Å². The molecule has 0 aliphatic carbocycles. The van der Waals surface area contributed by atoms with E-state index in [2.05, 4.69) is 20.8 Å². The highest BCUT2D eigenvalue weighted by Crippen LogP contribution is 2.40. The molecule has 0 spiro atoms. The summed E-state index contributed by atoms with van der Waals surface area (Å²) < 4.78 is 22.9. The highest BCUT2D eigenvalue weighted by atomic mass is 16.5. The van der Waals surface area contributed by atoms with Gasteiger partial charge in [-0.15, -0.1) is 0 Å². The minimum atomic E-state index is -0.688. The van der Waals surface area contributed by atoms with E-state index in [-0.39, 0.29) is 28.9 Å². The lowest BCUT2D eigenvalue weighted by Gasteiger charge is -2.28. The first-order valence-electron chi connectivity index (χ1n) is 14.1. The number of esters is 2. The molecule has 41 heavy (non-hydrogen) atoms. The summed E-state index contributed by atoms with van der Waals surface area (Å²) in [5.74, 6) is 0.312. The summed E-state index contributed by atoms with van der Waals surface area (Å²) in [5, 5.41) is 0. The summed E-state index contributed by atoms with van der Waals surface area (Å²) >= 11 is 0. The van der Waals surface area contributed by atoms with Gasteiger partial charge in [0.1, 0.15) is 17.2 Å². The SMILES string of the molecule is CCCOc1cc(OC(=O)C(C)(C)C)c(C(C)(C)CC)cc1C=C(OC)C(=O)c1ccc(OC(=O)C(C)(C)C)cc1. The highest BCUT2D eigenvalue weighted by molar-refractivity contribution is 6.10. The Bertz CT molecular complexity index is 1270. The normalized spacial score (nSPS) is 12.5. The van der Waals surface area contributed by atoms with E-state index in [0.717, 1.165) is 18.4 Å². The molecule has 0 radical (unpaired) electrons. The van der Waals surface area contributed by atoms with Crippen LogP contribution >= 0.6 is 0 Å². The van der Waals surface area contributed by atoms with Crippen LogP contribution in [-0.2, 0) is 19.7 Å². The van der Waals surface area contributed by atoms with Gasteiger partial charge in [-0.25, -0.2) is 0 Å². The molecule has 0 aliphatic rings. The van der Waals surface area contributed by atoms with E-state index in [1.54, 1.807) is 57.2 Å². The average Bonchev–Trinajstić information content (AvgIpc) is 2.89. The Labute approximate surface area is 245 Å². The number of Topliss-reactive ketones (excluding diaryl/α,β-unsaturated/α-hetero) is 1. The van der Waals surface area contributed by atoms with Gasteiger partial charge < -0.3 is 18.9 Å². The second kappa shape index (κ2) is 13.4. The lowest BCUT2D eigenvalue weighted by molar-refractivity contribution is -0.143. The summed E-state index contributed by atoms with van der Waals surface area (Å²) in [6.07, 6.45) is 3.20. The third-order valence-electron chi connectivity index (χ3n) is 6.67. The monoisotopic (exact) mass is 566 g/mol. The number of carbonyl (C=O) groups excluding carboxylic acids is 3. The molecule has 224 valence electrons. The number of hydrogen-bond donors (Lipinski definition) is 0. The summed E-state index contributed by atoms with van der Waals surface area (Å²) in [6, 6.07) is 9.99. The van der Waals surface area contributed by atoms with Gasteiger partial charge in [0.2, 0.25) is 5.78 Å². The smallest absolute Gasteiger partial charge is 0.316 e. The number of ether oxygens (including phenoxy) is 4.